The lowest BCUT2D eigenvalue weighted by molar-refractivity contribution is -0.148. The standard InChI is InChI=1S/C21H27NO5S/c1-5-27-20(24)18(19(23)15-9-7-6-8-10-15)22-28(25,26)17-13-11-16(12-14-17)21(2,3)4/h6-14,18-19,22-23H,5H2,1-4H3. The van der Waals surface area contributed by atoms with Crippen molar-refractivity contribution in [1.29, 1.82) is 0 Å². The van der Waals surface area contributed by atoms with Gasteiger partial charge in [-0.3, -0.25) is 4.79 Å². The van der Waals surface area contributed by atoms with Crippen molar-refractivity contribution < 1.29 is 23.1 Å². The molecule has 0 aromatic heterocycles. The van der Waals surface area contributed by atoms with Gasteiger partial charge in [0.2, 0.25) is 10.0 Å². The van der Waals surface area contributed by atoms with Gasteiger partial charge in [0.25, 0.3) is 0 Å². The lowest BCUT2D eigenvalue weighted by Crippen LogP contribution is -2.45. The molecule has 0 amide bonds. The van der Waals surface area contributed by atoms with Crippen LogP contribution >= 0.6 is 0 Å². The molecule has 0 aliphatic carbocycles. The number of hydrogen-bond donors (Lipinski definition) is 2. The molecule has 0 aliphatic rings. The summed E-state index contributed by atoms with van der Waals surface area (Å²) in [5, 5.41) is 10.6. The van der Waals surface area contributed by atoms with Crippen molar-refractivity contribution in [2.75, 3.05) is 6.61 Å². The summed E-state index contributed by atoms with van der Waals surface area (Å²) in [6.45, 7) is 7.77. The minimum atomic E-state index is -4.05. The highest BCUT2D eigenvalue weighted by Crippen LogP contribution is 2.24. The highest BCUT2D eigenvalue weighted by molar-refractivity contribution is 7.89. The van der Waals surface area contributed by atoms with Crippen molar-refractivity contribution in [3.05, 3.63) is 65.7 Å². The quantitative estimate of drug-likeness (QED) is 0.691. The third kappa shape index (κ3) is 5.41. The van der Waals surface area contributed by atoms with Crippen LogP contribution < -0.4 is 4.72 Å². The van der Waals surface area contributed by atoms with E-state index < -0.39 is 28.1 Å². The number of nitrogens with one attached hydrogen (secondary N) is 1. The topological polar surface area (TPSA) is 92.7 Å². The Labute approximate surface area is 166 Å². The molecule has 152 valence electrons. The van der Waals surface area contributed by atoms with E-state index in [2.05, 4.69) is 4.72 Å². The molecule has 2 unspecified atom stereocenters. The first-order valence-corrected chi connectivity index (χ1v) is 10.6. The minimum Gasteiger partial charge on any atom is -0.465 e. The molecule has 2 aromatic carbocycles. The van der Waals surface area contributed by atoms with E-state index >= 15 is 0 Å². The van der Waals surface area contributed by atoms with Gasteiger partial charge in [0, 0.05) is 0 Å². The van der Waals surface area contributed by atoms with Crippen LogP contribution in [0, 0.1) is 0 Å². The molecule has 2 aromatic rings. The van der Waals surface area contributed by atoms with Crippen molar-refractivity contribution in [1.82, 2.24) is 4.72 Å². The summed E-state index contributed by atoms with van der Waals surface area (Å²) < 4.78 is 32.9. The zero-order valence-corrected chi connectivity index (χ0v) is 17.4. The molecule has 2 rings (SSSR count). The zero-order valence-electron chi connectivity index (χ0n) is 16.5. The number of aliphatic hydroxyl groups is 1. The van der Waals surface area contributed by atoms with Crippen LogP contribution in [0.4, 0.5) is 0 Å². The average molecular weight is 406 g/mol. The molecular formula is C21H27NO5S. The predicted octanol–water partition coefficient (Wildman–Crippen LogP) is 2.93. The van der Waals surface area contributed by atoms with Gasteiger partial charge in [-0.15, -0.1) is 0 Å². The van der Waals surface area contributed by atoms with Crippen LogP contribution in [0.25, 0.3) is 0 Å². The number of carbonyl (C=O) groups is 1. The highest BCUT2D eigenvalue weighted by Gasteiger charge is 2.34. The molecule has 2 N–H and O–H groups in total. The van der Waals surface area contributed by atoms with Crippen molar-refractivity contribution in [2.45, 2.75) is 50.2 Å². The number of sulfonamides is 1. The van der Waals surface area contributed by atoms with Gasteiger partial charge in [0.05, 0.1) is 11.5 Å². The maximum absolute atomic E-state index is 12.8. The number of hydrogen-bond acceptors (Lipinski definition) is 5. The second-order valence-electron chi connectivity index (χ2n) is 7.48. The molecule has 2 atom stereocenters. The van der Waals surface area contributed by atoms with Crippen LogP contribution in [-0.4, -0.2) is 32.1 Å². The second kappa shape index (κ2) is 8.86. The Morgan fingerprint density at radius 3 is 2.14 bits per heavy atom. The first-order chi connectivity index (χ1) is 13.1. The van der Waals surface area contributed by atoms with Crippen LogP contribution in [0.5, 0.6) is 0 Å². The van der Waals surface area contributed by atoms with Crippen LogP contribution in [0.3, 0.4) is 0 Å². The fourth-order valence-electron chi connectivity index (χ4n) is 2.69. The molecule has 0 saturated heterocycles. The Hall–Kier alpha value is -2.22. The van der Waals surface area contributed by atoms with E-state index in [1.807, 2.05) is 20.8 Å². The number of carbonyl (C=O) groups excluding carboxylic acids is 1. The van der Waals surface area contributed by atoms with Gasteiger partial charge in [-0.2, -0.15) is 4.72 Å². The van der Waals surface area contributed by atoms with Gasteiger partial charge < -0.3 is 9.84 Å². The normalized spacial score (nSPS) is 14.3. The summed E-state index contributed by atoms with van der Waals surface area (Å²) in [7, 11) is -4.05. The predicted molar refractivity (Wildman–Crippen MR) is 107 cm³/mol. The number of esters is 1. The van der Waals surface area contributed by atoms with Crippen LogP contribution in [0.15, 0.2) is 59.5 Å². The summed E-state index contributed by atoms with van der Waals surface area (Å²) in [6, 6.07) is 13.4. The average Bonchev–Trinajstić information content (AvgIpc) is 2.66. The molecule has 0 saturated carbocycles. The minimum absolute atomic E-state index is 0.00931. The smallest absolute Gasteiger partial charge is 0.327 e. The summed E-state index contributed by atoms with van der Waals surface area (Å²) in [5.74, 6) is -0.839. The summed E-state index contributed by atoms with van der Waals surface area (Å²) >= 11 is 0. The molecule has 0 aliphatic heterocycles. The van der Waals surface area contributed by atoms with Gasteiger partial charge in [-0.1, -0.05) is 63.2 Å². The molecule has 0 radical (unpaired) electrons. The van der Waals surface area contributed by atoms with Gasteiger partial charge in [-0.05, 0) is 35.6 Å². The van der Waals surface area contributed by atoms with Gasteiger partial charge in [0.1, 0.15) is 12.1 Å². The van der Waals surface area contributed by atoms with Crippen molar-refractivity contribution >= 4 is 16.0 Å². The highest BCUT2D eigenvalue weighted by atomic mass is 32.2. The largest absolute Gasteiger partial charge is 0.465 e. The lowest BCUT2D eigenvalue weighted by atomic mass is 9.87. The lowest BCUT2D eigenvalue weighted by Gasteiger charge is -2.23. The van der Waals surface area contributed by atoms with E-state index in [9.17, 15) is 18.3 Å². The summed E-state index contributed by atoms with van der Waals surface area (Å²) in [6.07, 6.45) is -1.39. The number of aliphatic hydroxyl groups excluding tert-OH is 1. The van der Waals surface area contributed by atoms with Crippen molar-refractivity contribution in [2.24, 2.45) is 0 Å². The Bertz CT molecular complexity index is 887. The fourth-order valence-corrected chi connectivity index (χ4v) is 3.88. The van der Waals surface area contributed by atoms with Crippen molar-refractivity contribution in [3.63, 3.8) is 0 Å². The summed E-state index contributed by atoms with van der Waals surface area (Å²) in [4.78, 5) is 12.4. The number of rotatable bonds is 7. The summed E-state index contributed by atoms with van der Waals surface area (Å²) in [5.41, 5.74) is 1.27. The Balaban J connectivity index is 2.33. The van der Waals surface area contributed by atoms with Gasteiger partial charge in [-0.25, -0.2) is 8.42 Å². The molecule has 0 heterocycles. The number of benzene rings is 2. The first kappa shape index (κ1) is 22.1. The SMILES string of the molecule is CCOC(=O)C(NS(=O)(=O)c1ccc(C(C)(C)C)cc1)C(O)c1ccccc1. The van der Waals surface area contributed by atoms with E-state index in [1.54, 1.807) is 49.4 Å². The van der Waals surface area contributed by atoms with Gasteiger partial charge >= 0.3 is 5.97 Å². The second-order valence-corrected chi connectivity index (χ2v) is 9.19. The fraction of sp³-hybridized carbons (Fsp3) is 0.381. The Kier molecular flexibility index (Phi) is 6.98. The third-order valence-corrected chi connectivity index (χ3v) is 5.77. The Morgan fingerprint density at radius 2 is 1.64 bits per heavy atom. The molecular weight excluding hydrogens is 378 g/mol. The molecule has 6 nitrogen and oxygen atoms in total. The monoisotopic (exact) mass is 405 g/mol. The first-order valence-electron chi connectivity index (χ1n) is 9.09. The molecule has 7 heteroatoms. The van der Waals surface area contributed by atoms with Crippen LogP contribution in [-0.2, 0) is 25.0 Å². The van der Waals surface area contributed by atoms with Gasteiger partial charge in [0.15, 0.2) is 0 Å². The third-order valence-electron chi connectivity index (χ3n) is 4.31. The van der Waals surface area contributed by atoms with E-state index in [1.165, 1.54) is 12.1 Å². The van der Waals surface area contributed by atoms with E-state index in [-0.39, 0.29) is 16.9 Å². The van der Waals surface area contributed by atoms with E-state index in [4.69, 9.17) is 4.74 Å². The Morgan fingerprint density at radius 1 is 1.07 bits per heavy atom. The van der Waals surface area contributed by atoms with Crippen LogP contribution in [0.1, 0.15) is 44.9 Å². The molecule has 0 spiro atoms. The maximum atomic E-state index is 12.8. The van der Waals surface area contributed by atoms with E-state index in [0.29, 0.717) is 5.56 Å². The van der Waals surface area contributed by atoms with E-state index in [0.717, 1.165) is 5.56 Å². The van der Waals surface area contributed by atoms with Crippen LogP contribution in [0.2, 0.25) is 0 Å². The van der Waals surface area contributed by atoms with Crippen molar-refractivity contribution in [3.8, 4) is 0 Å². The molecule has 0 bridgehead atoms. The molecule has 0 fully saturated rings. The zero-order chi connectivity index (χ0) is 20.9. The number of ether oxygens (including phenoxy) is 1. The maximum Gasteiger partial charge on any atom is 0.327 e. The molecule has 28 heavy (non-hydrogen) atoms.